The van der Waals surface area contributed by atoms with Gasteiger partial charge in [-0.25, -0.2) is 4.79 Å². The Morgan fingerprint density at radius 2 is 2.40 bits per heavy atom. The number of carboxylic acids is 1. The van der Waals surface area contributed by atoms with Crippen molar-refractivity contribution in [3.8, 4) is 6.07 Å². The quantitative estimate of drug-likeness (QED) is 0.420. The van der Waals surface area contributed by atoms with Crippen LogP contribution in [-0.2, 0) is 14.4 Å². The van der Waals surface area contributed by atoms with Gasteiger partial charge in [-0.05, 0) is 5.41 Å². The van der Waals surface area contributed by atoms with E-state index in [1.165, 1.54) is 28.1 Å². The van der Waals surface area contributed by atoms with Crippen LogP contribution in [0.2, 0.25) is 0 Å². The standard InChI is InChI=1S/C11H9N3O4S2/c12-2-1-3-19-6-4-20-10-7(13-5-15)9(16)14(10)8(6)11(17)18/h1,3,5,7,10H,4H2,(H,13,15)(H,17,18)/b3-1-/t7?,10-/m1/s1. The first-order chi connectivity index (χ1) is 9.61. The number of allylic oxidation sites excluding steroid dienone is 1. The molecule has 0 aromatic rings. The first-order valence-electron chi connectivity index (χ1n) is 5.44. The van der Waals surface area contributed by atoms with Crippen LogP contribution in [-0.4, -0.2) is 45.5 Å². The third kappa shape index (κ3) is 2.39. The topological polar surface area (TPSA) is 110 Å². The summed E-state index contributed by atoms with van der Waals surface area (Å²) in [7, 11) is 0. The Morgan fingerprint density at radius 1 is 1.65 bits per heavy atom. The Bertz CT molecular complexity index is 567. The molecule has 2 N–H and O–H groups in total. The summed E-state index contributed by atoms with van der Waals surface area (Å²) in [5.41, 5.74) is -0.0738. The molecule has 0 radical (unpaired) electrons. The zero-order valence-corrected chi connectivity index (χ0v) is 11.6. The number of thioether (sulfide) groups is 2. The molecule has 0 saturated carbocycles. The van der Waals surface area contributed by atoms with Crippen molar-refractivity contribution >= 4 is 41.8 Å². The van der Waals surface area contributed by atoms with E-state index in [0.717, 1.165) is 11.8 Å². The molecule has 2 rings (SSSR count). The molecule has 0 aromatic carbocycles. The van der Waals surface area contributed by atoms with Crippen molar-refractivity contribution in [2.24, 2.45) is 0 Å². The van der Waals surface area contributed by atoms with Crippen molar-refractivity contribution in [1.82, 2.24) is 10.2 Å². The summed E-state index contributed by atoms with van der Waals surface area (Å²) in [4.78, 5) is 35.3. The van der Waals surface area contributed by atoms with E-state index in [-0.39, 0.29) is 11.1 Å². The molecule has 2 aliphatic rings. The highest BCUT2D eigenvalue weighted by Gasteiger charge is 2.53. The molecule has 0 aromatic heterocycles. The molecule has 2 amide bonds. The maximum Gasteiger partial charge on any atom is 0.353 e. The molecule has 104 valence electrons. The summed E-state index contributed by atoms with van der Waals surface area (Å²) < 4.78 is 0. The van der Waals surface area contributed by atoms with E-state index in [9.17, 15) is 19.5 Å². The summed E-state index contributed by atoms with van der Waals surface area (Å²) in [5.74, 6) is -1.22. The number of nitriles is 1. The molecule has 1 unspecified atom stereocenters. The molecule has 0 aliphatic carbocycles. The lowest BCUT2D eigenvalue weighted by atomic mass is 10.1. The number of amides is 2. The summed E-state index contributed by atoms with van der Waals surface area (Å²) >= 11 is 2.48. The van der Waals surface area contributed by atoms with Crippen molar-refractivity contribution in [3.05, 3.63) is 22.1 Å². The zero-order valence-electron chi connectivity index (χ0n) is 9.98. The number of carbonyl (C=O) groups excluding carboxylic acids is 2. The molecule has 2 atom stereocenters. The van der Waals surface area contributed by atoms with Crippen molar-refractivity contribution in [2.75, 3.05) is 5.75 Å². The van der Waals surface area contributed by atoms with Crippen LogP contribution < -0.4 is 5.32 Å². The lowest BCUT2D eigenvalue weighted by Gasteiger charge is -2.48. The molecule has 9 heteroatoms. The van der Waals surface area contributed by atoms with Crippen LogP contribution in [0.5, 0.6) is 0 Å². The van der Waals surface area contributed by atoms with Crippen LogP contribution >= 0.6 is 23.5 Å². The van der Waals surface area contributed by atoms with Gasteiger partial charge in [0.2, 0.25) is 6.41 Å². The van der Waals surface area contributed by atoms with Crippen LogP contribution in [0.1, 0.15) is 0 Å². The molecule has 1 fully saturated rings. The first kappa shape index (κ1) is 14.5. The van der Waals surface area contributed by atoms with E-state index in [1.54, 1.807) is 0 Å². The van der Waals surface area contributed by atoms with Crippen LogP contribution in [0.15, 0.2) is 22.1 Å². The minimum absolute atomic E-state index is 0.0738. The van der Waals surface area contributed by atoms with Crippen molar-refractivity contribution < 1.29 is 19.5 Å². The average molecular weight is 311 g/mol. The Hall–Kier alpha value is -1.92. The Balaban J connectivity index is 2.26. The number of nitrogens with zero attached hydrogens (tertiary/aromatic N) is 2. The SMILES string of the molecule is N#C/C=C\SC1=C(C(=O)O)N2C(=O)C(NC=O)[C@H]2SC1. The highest BCUT2D eigenvalue weighted by molar-refractivity contribution is 8.08. The largest absolute Gasteiger partial charge is 0.477 e. The maximum absolute atomic E-state index is 11.9. The van der Waals surface area contributed by atoms with E-state index < -0.39 is 17.9 Å². The minimum atomic E-state index is -1.19. The lowest BCUT2D eigenvalue weighted by molar-refractivity contribution is -0.149. The number of nitrogens with one attached hydrogen (secondary N) is 1. The van der Waals surface area contributed by atoms with E-state index in [0.29, 0.717) is 17.1 Å². The van der Waals surface area contributed by atoms with Gasteiger partial charge in [-0.3, -0.25) is 14.5 Å². The second kappa shape index (κ2) is 6.02. The normalized spacial score (nSPS) is 24.9. The van der Waals surface area contributed by atoms with Crippen LogP contribution in [0.25, 0.3) is 0 Å². The summed E-state index contributed by atoms with van der Waals surface area (Å²) in [6.45, 7) is 0. The second-order valence-electron chi connectivity index (χ2n) is 3.80. The zero-order chi connectivity index (χ0) is 14.7. The van der Waals surface area contributed by atoms with Crippen molar-refractivity contribution in [2.45, 2.75) is 11.4 Å². The summed E-state index contributed by atoms with van der Waals surface area (Å²) in [5, 5.41) is 21.2. The van der Waals surface area contributed by atoms with Gasteiger partial charge >= 0.3 is 5.97 Å². The number of β-lactam (4-membered cyclic amide) rings is 1. The maximum atomic E-state index is 11.9. The smallest absolute Gasteiger partial charge is 0.353 e. The van der Waals surface area contributed by atoms with Crippen molar-refractivity contribution in [1.29, 1.82) is 5.26 Å². The minimum Gasteiger partial charge on any atom is -0.477 e. The molecular weight excluding hydrogens is 302 g/mol. The van der Waals surface area contributed by atoms with E-state index in [4.69, 9.17) is 5.26 Å². The van der Waals surface area contributed by atoms with Gasteiger partial charge in [0.05, 0.1) is 6.07 Å². The Kier molecular flexibility index (Phi) is 4.36. The molecule has 2 aliphatic heterocycles. The molecule has 0 spiro atoms. The first-order valence-corrected chi connectivity index (χ1v) is 7.36. The van der Waals surface area contributed by atoms with Crippen LogP contribution in [0.4, 0.5) is 0 Å². The molecule has 7 nitrogen and oxygen atoms in total. The number of rotatable bonds is 5. The number of fused-ring (bicyclic) bond motifs is 1. The van der Waals surface area contributed by atoms with Gasteiger partial charge in [0.15, 0.2) is 0 Å². The summed E-state index contributed by atoms with van der Waals surface area (Å²) in [6.07, 6.45) is 1.67. The fourth-order valence-corrected chi connectivity index (χ4v) is 4.19. The van der Waals surface area contributed by atoms with Crippen LogP contribution in [0, 0.1) is 11.3 Å². The van der Waals surface area contributed by atoms with Gasteiger partial charge in [0.25, 0.3) is 5.91 Å². The third-order valence-corrected chi connectivity index (χ3v) is 5.09. The average Bonchev–Trinajstić information content (AvgIpc) is 2.44. The summed E-state index contributed by atoms with van der Waals surface area (Å²) in [6, 6.07) is 1.14. The van der Waals surface area contributed by atoms with Gasteiger partial charge < -0.3 is 10.4 Å². The molecule has 2 heterocycles. The predicted octanol–water partition coefficient (Wildman–Crippen LogP) is 0.0828. The number of hydrogen-bond acceptors (Lipinski definition) is 6. The number of aliphatic carboxylic acids is 1. The van der Waals surface area contributed by atoms with E-state index in [1.807, 2.05) is 6.07 Å². The second-order valence-corrected chi connectivity index (χ2v) is 5.90. The van der Waals surface area contributed by atoms with E-state index in [2.05, 4.69) is 5.32 Å². The van der Waals surface area contributed by atoms with Gasteiger partial charge in [-0.1, -0.05) is 11.8 Å². The van der Waals surface area contributed by atoms with Gasteiger partial charge in [-0.2, -0.15) is 5.26 Å². The fourth-order valence-electron chi connectivity index (χ4n) is 1.92. The third-order valence-electron chi connectivity index (χ3n) is 2.74. The number of carboxylic acid groups (broad SMARTS) is 1. The fraction of sp³-hybridized carbons (Fsp3) is 0.273. The highest BCUT2D eigenvalue weighted by atomic mass is 32.2. The molecule has 1 saturated heterocycles. The van der Waals surface area contributed by atoms with E-state index >= 15 is 0 Å². The number of hydrogen-bond donors (Lipinski definition) is 2. The molecule has 0 bridgehead atoms. The predicted molar refractivity (Wildman–Crippen MR) is 73.1 cm³/mol. The Morgan fingerprint density at radius 3 is 3.00 bits per heavy atom. The van der Waals surface area contributed by atoms with Gasteiger partial charge in [0, 0.05) is 16.7 Å². The lowest BCUT2D eigenvalue weighted by Crippen LogP contribution is -2.69. The number of carbonyl (C=O) groups is 3. The Labute approximate surface area is 122 Å². The molecular formula is C11H9N3O4S2. The van der Waals surface area contributed by atoms with Crippen molar-refractivity contribution in [3.63, 3.8) is 0 Å². The van der Waals surface area contributed by atoms with Crippen LogP contribution in [0.3, 0.4) is 0 Å². The monoisotopic (exact) mass is 311 g/mol. The molecule has 20 heavy (non-hydrogen) atoms. The van der Waals surface area contributed by atoms with Gasteiger partial charge in [-0.15, -0.1) is 11.8 Å². The highest BCUT2D eigenvalue weighted by Crippen LogP contribution is 2.43. The van der Waals surface area contributed by atoms with Gasteiger partial charge in [0.1, 0.15) is 17.1 Å².